The number of hydrogen-bond donors (Lipinski definition) is 1. The molecule has 5 aromatic rings. The van der Waals surface area contributed by atoms with E-state index in [1.165, 1.54) is 22.7 Å². The highest BCUT2D eigenvalue weighted by atomic mass is 35.5. The maximum absolute atomic E-state index is 13.6. The van der Waals surface area contributed by atoms with Crippen LogP contribution in [0.5, 0.6) is 0 Å². The number of hydrogen-bond acceptors (Lipinski definition) is 6. The Hall–Kier alpha value is -4.25. The number of carbonyl (C=O) groups is 1. The predicted molar refractivity (Wildman–Crippen MR) is 157 cm³/mol. The first-order valence-electron chi connectivity index (χ1n) is 12.8. The zero-order valence-electron chi connectivity index (χ0n) is 22.7. The standard InChI is InChI=1S/C30H28ClN5O4S/c1-20-4-6-23(7-5-20)18-35(41(38,39)27-12-8-24(31)9-13-27)19-26-11-10-25(40-26)17-32-34-30(37)29-22(3)33-28-16-21(2)14-15-36(28)29/h4-17H,18-19H2,1-3H3,(H,34,37)/b32-17+. The summed E-state index contributed by atoms with van der Waals surface area (Å²) in [5.74, 6) is 0.348. The van der Waals surface area contributed by atoms with E-state index in [9.17, 15) is 13.2 Å². The van der Waals surface area contributed by atoms with Crippen LogP contribution in [0.2, 0.25) is 5.02 Å². The highest BCUT2D eigenvalue weighted by Gasteiger charge is 2.26. The zero-order valence-corrected chi connectivity index (χ0v) is 24.3. The minimum absolute atomic E-state index is 0.0144. The maximum Gasteiger partial charge on any atom is 0.290 e. The van der Waals surface area contributed by atoms with Crippen LogP contribution in [0.4, 0.5) is 0 Å². The van der Waals surface area contributed by atoms with Gasteiger partial charge in [-0.05, 0) is 80.4 Å². The molecule has 0 bridgehead atoms. The van der Waals surface area contributed by atoms with E-state index in [0.29, 0.717) is 33.6 Å². The van der Waals surface area contributed by atoms with Gasteiger partial charge in [-0.1, -0.05) is 41.4 Å². The van der Waals surface area contributed by atoms with E-state index < -0.39 is 15.9 Å². The van der Waals surface area contributed by atoms with Gasteiger partial charge < -0.3 is 4.42 Å². The minimum Gasteiger partial charge on any atom is -0.459 e. The molecule has 0 saturated carbocycles. The fourth-order valence-electron chi connectivity index (χ4n) is 4.35. The first-order valence-corrected chi connectivity index (χ1v) is 14.6. The van der Waals surface area contributed by atoms with Gasteiger partial charge in [0.25, 0.3) is 5.91 Å². The minimum atomic E-state index is -3.88. The SMILES string of the molecule is Cc1ccc(CN(Cc2ccc(/C=N/NC(=O)c3c(C)nc4cc(C)ccn34)o2)S(=O)(=O)c2ccc(Cl)cc2)cc1. The van der Waals surface area contributed by atoms with Crippen molar-refractivity contribution in [1.29, 1.82) is 0 Å². The normalized spacial score (nSPS) is 12.0. The predicted octanol–water partition coefficient (Wildman–Crippen LogP) is 5.66. The Morgan fingerprint density at radius 2 is 1.73 bits per heavy atom. The molecular formula is C30H28ClN5O4S. The highest BCUT2D eigenvalue weighted by molar-refractivity contribution is 7.89. The number of nitrogens with zero attached hydrogens (tertiary/aromatic N) is 4. The quantitative estimate of drug-likeness (QED) is 0.176. The van der Waals surface area contributed by atoms with Gasteiger partial charge in [0.05, 0.1) is 23.3 Å². The van der Waals surface area contributed by atoms with Crippen LogP contribution in [-0.2, 0) is 23.1 Å². The summed E-state index contributed by atoms with van der Waals surface area (Å²) in [6, 6.07) is 20.9. The van der Waals surface area contributed by atoms with Crippen LogP contribution in [0.3, 0.4) is 0 Å². The Bertz CT molecular complexity index is 1840. The van der Waals surface area contributed by atoms with Crippen LogP contribution < -0.4 is 5.43 Å². The first kappa shape index (κ1) is 28.3. The summed E-state index contributed by atoms with van der Waals surface area (Å²) in [5, 5.41) is 4.48. The number of imidazole rings is 1. The van der Waals surface area contributed by atoms with Crippen molar-refractivity contribution in [2.75, 3.05) is 0 Å². The van der Waals surface area contributed by atoms with Gasteiger partial charge in [0.2, 0.25) is 10.0 Å². The Kier molecular flexibility index (Phi) is 8.07. The van der Waals surface area contributed by atoms with Crippen molar-refractivity contribution in [1.82, 2.24) is 19.1 Å². The van der Waals surface area contributed by atoms with Gasteiger partial charge >= 0.3 is 0 Å². The number of aryl methyl sites for hydroxylation is 3. The molecule has 1 amide bonds. The number of hydrazone groups is 1. The van der Waals surface area contributed by atoms with Crippen molar-refractivity contribution in [2.24, 2.45) is 5.10 Å². The molecule has 3 aromatic heterocycles. The average Bonchev–Trinajstić information content (AvgIpc) is 3.52. The number of amides is 1. The summed E-state index contributed by atoms with van der Waals surface area (Å²) >= 11 is 5.98. The van der Waals surface area contributed by atoms with E-state index in [4.69, 9.17) is 16.0 Å². The lowest BCUT2D eigenvalue weighted by Gasteiger charge is -2.21. The molecular weight excluding hydrogens is 562 g/mol. The van der Waals surface area contributed by atoms with Crippen LogP contribution in [-0.4, -0.2) is 34.2 Å². The van der Waals surface area contributed by atoms with E-state index in [0.717, 1.165) is 16.7 Å². The number of pyridine rings is 1. The number of rotatable bonds is 9. The van der Waals surface area contributed by atoms with Crippen LogP contribution in [0.25, 0.3) is 5.65 Å². The third-order valence-corrected chi connectivity index (χ3v) is 8.53. The van der Waals surface area contributed by atoms with E-state index in [1.807, 2.05) is 50.2 Å². The van der Waals surface area contributed by atoms with Crippen molar-refractivity contribution < 1.29 is 17.6 Å². The molecule has 0 aliphatic rings. The molecule has 0 unspecified atom stereocenters. The lowest BCUT2D eigenvalue weighted by Crippen LogP contribution is -2.30. The van der Waals surface area contributed by atoms with Crippen LogP contribution in [0.1, 0.15) is 44.4 Å². The fraction of sp³-hybridized carbons (Fsp3) is 0.167. The average molecular weight is 590 g/mol. The number of fused-ring (bicyclic) bond motifs is 1. The number of benzene rings is 2. The molecule has 0 atom stereocenters. The molecule has 0 saturated heterocycles. The number of nitrogens with one attached hydrogen (secondary N) is 1. The fourth-order valence-corrected chi connectivity index (χ4v) is 5.87. The van der Waals surface area contributed by atoms with Crippen LogP contribution in [0, 0.1) is 20.8 Å². The van der Waals surface area contributed by atoms with Crippen molar-refractivity contribution in [2.45, 2.75) is 38.8 Å². The molecule has 210 valence electrons. The summed E-state index contributed by atoms with van der Waals surface area (Å²) in [5.41, 5.74) is 7.11. The smallest absolute Gasteiger partial charge is 0.290 e. The summed E-state index contributed by atoms with van der Waals surface area (Å²) in [4.78, 5) is 17.4. The Morgan fingerprint density at radius 1 is 1.00 bits per heavy atom. The zero-order chi connectivity index (χ0) is 29.1. The Morgan fingerprint density at radius 3 is 2.46 bits per heavy atom. The van der Waals surface area contributed by atoms with Gasteiger partial charge in [-0.15, -0.1) is 0 Å². The van der Waals surface area contributed by atoms with Crippen molar-refractivity contribution in [3.8, 4) is 0 Å². The Labute approximate surface area is 243 Å². The molecule has 11 heteroatoms. The molecule has 9 nitrogen and oxygen atoms in total. The van der Waals surface area contributed by atoms with Gasteiger partial charge in [0.15, 0.2) is 0 Å². The molecule has 0 radical (unpaired) electrons. The van der Waals surface area contributed by atoms with Gasteiger partial charge in [0, 0.05) is 17.8 Å². The van der Waals surface area contributed by atoms with Crippen molar-refractivity contribution in [3.05, 3.63) is 124 Å². The summed E-state index contributed by atoms with van der Waals surface area (Å²) < 4.78 is 36.1. The molecule has 0 aliphatic heterocycles. The molecule has 0 spiro atoms. The lowest BCUT2D eigenvalue weighted by molar-refractivity contribution is 0.0948. The number of furan rings is 1. The monoisotopic (exact) mass is 589 g/mol. The number of aromatic nitrogens is 2. The summed E-state index contributed by atoms with van der Waals surface area (Å²) in [7, 11) is -3.88. The molecule has 0 fully saturated rings. The van der Waals surface area contributed by atoms with Crippen molar-refractivity contribution in [3.63, 3.8) is 0 Å². The second-order valence-corrected chi connectivity index (χ2v) is 12.1. The van der Waals surface area contributed by atoms with E-state index in [2.05, 4.69) is 15.5 Å². The third-order valence-electron chi connectivity index (χ3n) is 6.47. The lowest BCUT2D eigenvalue weighted by atomic mass is 10.1. The molecule has 5 rings (SSSR count). The van der Waals surface area contributed by atoms with E-state index in [-0.39, 0.29) is 18.0 Å². The Balaban J connectivity index is 1.32. The second-order valence-electron chi connectivity index (χ2n) is 9.69. The van der Waals surface area contributed by atoms with Gasteiger partial charge in [-0.3, -0.25) is 9.20 Å². The van der Waals surface area contributed by atoms with Gasteiger partial charge in [0.1, 0.15) is 22.9 Å². The molecule has 41 heavy (non-hydrogen) atoms. The molecule has 0 aliphatic carbocycles. The van der Waals surface area contributed by atoms with Gasteiger partial charge in [-0.2, -0.15) is 9.41 Å². The number of halogens is 1. The molecule has 2 aromatic carbocycles. The summed E-state index contributed by atoms with van der Waals surface area (Å²) in [6.45, 7) is 5.82. The largest absolute Gasteiger partial charge is 0.459 e. The van der Waals surface area contributed by atoms with Crippen molar-refractivity contribution >= 4 is 39.4 Å². The summed E-state index contributed by atoms with van der Waals surface area (Å²) in [6.07, 6.45) is 3.16. The van der Waals surface area contributed by atoms with E-state index >= 15 is 0 Å². The second kappa shape index (κ2) is 11.7. The van der Waals surface area contributed by atoms with E-state index in [1.54, 1.807) is 41.8 Å². The third kappa shape index (κ3) is 6.40. The maximum atomic E-state index is 13.6. The van der Waals surface area contributed by atoms with Gasteiger partial charge in [-0.25, -0.2) is 18.8 Å². The van der Waals surface area contributed by atoms with Crippen LogP contribution >= 0.6 is 11.6 Å². The number of carbonyl (C=O) groups excluding carboxylic acids is 1. The number of sulfonamides is 1. The topological polar surface area (TPSA) is 109 Å². The molecule has 1 N–H and O–H groups in total. The first-order chi connectivity index (χ1) is 19.6. The molecule has 3 heterocycles. The highest BCUT2D eigenvalue weighted by Crippen LogP contribution is 2.23. The van der Waals surface area contributed by atoms with Crippen LogP contribution in [0.15, 0.2) is 93.4 Å².